The summed E-state index contributed by atoms with van der Waals surface area (Å²) in [7, 11) is 0. The van der Waals surface area contributed by atoms with E-state index in [2.05, 4.69) is 10.6 Å². The van der Waals surface area contributed by atoms with Crippen molar-refractivity contribution in [3.63, 3.8) is 0 Å². The zero-order valence-electron chi connectivity index (χ0n) is 13.6. The maximum absolute atomic E-state index is 13.0. The standard InChI is InChI=1S/C19H17FN2O3/c1-19-10-14(13-4-2-3-5-15(13)25-19)16(18(24)22-19)17(23)21-12-8-6-11(20)7-9-12/h2-9,14,16H,10H2,1H3,(H,21,23)(H,22,24)/t14-,16-,19+/m1/s1. The number of rotatable bonds is 2. The van der Waals surface area contributed by atoms with Gasteiger partial charge in [-0.25, -0.2) is 4.39 Å². The number of para-hydroxylation sites is 1. The lowest BCUT2D eigenvalue weighted by Crippen LogP contribution is -2.62. The highest BCUT2D eigenvalue weighted by Gasteiger charge is 2.51. The van der Waals surface area contributed by atoms with Crippen LogP contribution in [0.25, 0.3) is 0 Å². The third-order valence-electron chi connectivity index (χ3n) is 4.73. The second-order valence-electron chi connectivity index (χ2n) is 6.64. The van der Waals surface area contributed by atoms with Gasteiger partial charge in [0.15, 0.2) is 5.72 Å². The monoisotopic (exact) mass is 340 g/mol. The van der Waals surface area contributed by atoms with Gasteiger partial charge in [0.05, 0.1) is 0 Å². The Morgan fingerprint density at radius 3 is 2.72 bits per heavy atom. The number of nitrogens with one attached hydrogen (secondary N) is 2. The molecule has 0 aromatic heterocycles. The number of hydrogen-bond acceptors (Lipinski definition) is 3. The molecule has 2 aromatic rings. The van der Waals surface area contributed by atoms with E-state index >= 15 is 0 Å². The molecule has 0 radical (unpaired) electrons. The number of piperidine rings is 1. The largest absolute Gasteiger partial charge is 0.468 e. The van der Waals surface area contributed by atoms with E-state index in [1.54, 1.807) is 0 Å². The molecule has 2 bridgehead atoms. The van der Waals surface area contributed by atoms with Crippen molar-refractivity contribution in [1.29, 1.82) is 0 Å². The molecule has 4 rings (SSSR count). The lowest BCUT2D eigenvalue weighted by molar-refractivity contribution is -0.145. The van der Waals surface area contributed by atoms with E-state index in [-0.39, 0.29) is 17.6 Å². The Morgan fingerprint density at radius 1 is 1.24 bits per heavy atom. The van der Waals surface area contributed by atoms with Crippen LogP contribution in [0.15, 0.2) is 48.5 Å². The molecular formula is C19H17FN2O3. The molecule has 1 saturated heterocycles. The van der Waals surface area contributed by atoms with Crippen LogP contribution in [-0.4, -0.2) is 17.5 Å². The highest BCUT2D eigenvalue weighted by atomic mass is 19.1. The van der Waals surface area contributed by atoms with Crippen LogP contribution in [0.5, 0.6) is 5.75 Å². The van der Waals surface area contributed by atoms with Gasteiger partial charge in [0.2, 0.25) is 11.8 Å². The molecule has 0 spiro atoms. The molecule has 128 valence electrons. The smallest absolute Gasteiger partial charge is 0.237 e. The number of carbonyl (C=O) groups excluding carboxylic acids is 2. The summed E-state index contributed by atoms with van der Waals surface area (Å²) >= 11 is 0. The van der Waals surface area contributed by atoms with Gasteiger partial charge in [0.25, 0.3) is 0 Å². The van der Waals surface area contributed by atoms with Crippen molar-refractivity contribution in [2.75, 3.05) is 5.32 Å². The van der Waals surface area contributed by atoms with Crippen LogP contribution in [0.1, 0.15) is 24.8 Å². The summed E-state index contributed by atoms with van der Waals surface area (Å²) < 4.78 is 18.9. The fourth-order valence-corrected chi connectivity index (χ4v) is 3.64. The topological polar surface area (TPSA) is 67.4 Å². The van der Waals surface area contributed by atoms with Crippen molar-refractivity contribution in [3.8, 4) is 5.75 Å². The first-order chi connectivity index (χ1) is 12.0. The Balaban J connectivity index is 1.66. The number of carbonyl (C=O) groups is 2. The van der Waals surface area contributed by atoms with Crippen LogP contribution in [-0.2, 0) is 9.59 Å². The van der Waals surface area contributed by atoms with E-state index in [1.807, 2.05) is 31.2 Å². The van der Waals surface area contributed by atoms with Gasteiger partial charge in [-0.1, -0.05) is 18.2 Å². The number of amides is 2. The molecule has 3 atom stereocenters. The number of fused-ring (bicyclic) bond motifs is 4. The molecule has 5 nitrogen and oxygen atoms in total. The lowest BCUT2D eigenvalue weighted by Gasteiger charge is -2.46. The highest BCUT2D eigenvalue weighted by Crippen LogP contribution is 2.46. The summed E-state index contributed by atoms with van der Waals surface area (Å²) in [6.45, 7) is 1.81. The van der Waals surface area contributed by atoms with E-state index in [0.29, 0.717) is 17.9 Å². The quantitative estimate of drug-likeness (QED) is 0.826. The molecule has 1 fully saturated rings. The van der Waals surface area contributed by atoms with Crippen molar-refractivity contribution in [3.05, 3.63) is 59.9 Å². The molecule has 0 saturated carbocycles. The summed E-state index contributed by atoms with van der Waals surface area (Å²) in [6.07, 6.45) is 0.511. The van der Waals surface area contributed by atoms with Crippen LogP contribution in [0.3, 0.4) is 0 Å². The summed E-state index contributed by atoms with van der Waals surface area (Å²) in [5, 5.41) is 5.52. The Labute approximate surface area is 144 Å². The van der Waals surface area contributed by atoms with Crippen molar-refractivity contribution in [2.24, 2.45) is 5.92 Å². The minimum absolute atomic E-state index is 0.274. The molecule has 2 amide bonds. The first-order valence-electron chi connectivity index (χ1n) is 8.12. The maximum Gasteiger partial charge on any atom is 0.237 e. The third-order valence-corrected chi connectivity index (χ3v) is 4.73. The predicted octanol–water partition coefficient (Wildman–Crippen LogP) is 2.79. The molecular weight excluding hydrogens is 323 g/mol. The highest BCUT2D eigenvalue weighted by molar-refractivity contribution is 6.08. The van der Waals surface area contributed by atoms with Crippen molar-refractivity contribution in [1.82, 2.24) is 5.32 Å². The normalized spacial score (nSPS) is 26.9. The second kappa shape index (κ2) is 5.58. The minimum atomic E-state index is -0.872. The van der Waals surface area contributed by atoms with Gasteiger partial charge in [-0.3, -0.25) is 9.59 Å². The molecule has 0 unspecified atom stereocenters. The minimum Gasteiger partial charge on any atom is -0.468 e. The average Bonchev–Trinajstić information content (AvgIpc) is 2.56. The predicted molar refractivity (Wildman–Crippen MR) is 89.5 cm³/mol. The average molecular weight is 340 g/mol. The zero-order valence-corrected chi connectivity index (χ0v) is 13.6. The van der Waals surface area contributed by atoms with Crippen molar-refractivity contribution >= 4 is 17.5 Å². The van der Waals surface area contributed by atoms with E-state index < -0.39 is 17.6 Å². The first kappa shape index (κ1) is 15.6. The number of benzene rings is 2. The van der Waals surface area contributed by atoms with Gasteiger partial charge in [0, 0.05) is 18.0 Å². The number of anilines is 1. The van der Waals surface area contributed by atoms with Crippen LogP contribution < -0.4 is 15.4 Å². The summed E-state index contributed by atoms with van der Waals surface area (Å²) in [5.41, 5.74) is 0.491. The van der Waals surface area contributed by atoms with Crippen LogP contribution in [0.4, 0.5) is 10.1 Å². The third kappa shape index (κ3) is 2.73. The van der Waals surface area contributed by atoms with E-state index in [1.165, 1.54) is 24.3 Å². The summed E-state index contributed by atoms with van der Waals surface area (Å²) in [6, 6.07) is 12.9. The van der Waals surface area contributed by atoms with Gasteiger partial charge in [-0.2, -0.15) is 0 Å². The van der Waals surface area contributed by atoms with Crippen molar-refractivity contribution < 1.29 is 18.7 Å². The van der Waals surface area contributed by atoms with E-state index in [4.69, 9.17) is 4.74 Å². The molecule has 0 aliphatic carbocycles. The Morgan fingerprint density at radius 2 is 1.96 bits per heavy atom. The van der Waals surface area contributed by atoms with E-state index in [0.717, 1.165) is 5.56 Å². The van der Waals surface area contributed by atoms with Crippen LogP contribution in [0, 0.1) is 11.7 Å². The fraction of sp³-hybridized carbons (Fsp3) is 0.263. The number of hydrogen-bond donors (Lipinski definition) is 2. The SMILES string of the molecule is C[C@@]12C[C@H](c3ccccc3O1)[C@H](C(=O)Nc1ccc(F)cc1)C(=O)N2. The molecule has 2 heterocycles. The Bertz CT molecular complexity index is 852. The summed E-state index contributed by atoms with van der Waals surface area (Å²) in [5.74, 6) is -1.63. The zero-order chi connectivity index (χ0) is 17.6. The van der Waals surface area contributed by atoms with Crippen LogP contribution >= 0.6 is 0 Å². The Kier molecular flexibility index (Phi) is 3.49. The summed E-state index contributed by atoms with van der Waals surface area (Å²) in [4.78, 5) is 25.4. The molecule has 2 aliphatic rings. The number of halogens is 1. The lowest BCUT2D eigenvalue weighted by atomic mass is 9.74. The molecule has 25 heavy (non-hydrogen) atoms. The molecule has 2 aromatic carbocycles. The van der Waals surface area contributed by atoms with E-state index in [9.17, 15) is 14.0 Å². The van der Waals surface area contributed by atoms with Gasteiger partial charge < -0.3 is 15.4 Å². The second-order valence-corrected chi connectivity index (χ2v) is 6.64. The Hall–Kier alpha value is -2.89. The van der Waals surface area contributed by atoms with Gasteiger partial charge in [0.1, 0.15) is 17.5 Å². The van der Waals surface area contributed by atoms with Crippen LogP contribution in [0.2, 0.25) is 0 Å². The van der Waals surface area contributed by atoms with Gasteiger partial charge >= 0.3 is 0 Å². The van der Waals surface area contributed by atoms with Gasteiger partial charge in [-0.05, 0) is 42.8 Å². The molecule has 2 N–H and O–H groups in total. The van der Waals surface area contributed by atoms with Crippen molar-refractivity contribution in [2.45, 2.75) is 25.0 Å². The molecule has 6 heteroatoms. The maximum atomic E-state index is 13.0. The van der Waals surface area contributed by atoms with Gasteiger partial charge in [-0.15, -0.1) is 0 Å². The first-order valence-corrected chi connectivity index (χ1v) is 8.12. The molecule has 2 aliphatic heterocycles. The number of ether oxygens (including phenoxy) is 1. The fourth-order valence-electron chi connectivity index (χ4n) is 3.64.